The SMILES string of the molecule is COc1ccccc1CCNc1ncnc2sccc12. The first kappa shape index (κ1) is 12.9. The minimum Gasteiger partial charge on any atom is -0.496 e. The fourth-order valence-corrected chi connectivity index (χ4v) is 2.89. The van der Waals surface area contributed by atoms with Gasteiger partial charge in [-0.3, -0.25) is 0 Å². The van der Waals surface area contributed by atoms with Crippen LogP contribution in [0.25, 0.3) is 10.2 Å². The lowest BCUT2D eigenvalue weighted by Gasteiger charge is -2.09. The Balaban J connectivity index is 1.69. The van der Waals surface area contributed by atoms with Gasteiger partial charge in [-0.1, -0.05) is 18.2 Å². The lowest BCUT2D eigenvalue weighted by Crippen LogP contribution is -2.07. The molecular formula is C15H15N3OS. The minimum absolute atomic E-state index is 0.808. The molecule has 0 amide bonds. The van der Waals surface area contributed by atoms with E-state index in [-0.39, 0.29) is 0 Å². The smallest absolute Gasteiger partial charge is 0.138 e. The summed E-state index contributed by atoms with van der Waals surface area (Å²) in [5.74, 6) is 1.82. The van der Waals surface area contributed by atoms with E-state index in [1.54, 1.807) is 24.8 Å². The number of anilines is 1. The molecule has 1 N–H and O–H groups in total. The number of fused-ring (bicyclic) bond motifs is 1. The fourth-order valence-electron chi connectivity index (χ4n) is 2.16. The van der Waals surface area contributed by atoms with E-state index in [1.807, 2.05) is 29.6 Å². The van der Waals surface area contributed by atoms with Crippen LogP contribution in [0.2, 0.25) is 0 Å². The van der Waals surface area contributed by atoms with Crippen LogP contribution in [0.3, 0.4) is 0 Å². The molecule has 0 aliphatic carbocycles. The molecule has 0 atom stereocenters. The molecule has 0 aliphatic heterocycles. The average Bonchev–Trinajstić information content (AvgIpc) is 2.97. The van der Waals surface area contributed by atoms with Crippen LogP contribution in [0.1, 0.15) is 5.56 Å². The lowest BCUT2D eigenvalue weighted by molar-refractivity contribution is 0.410. The van der Waals surface area contributed by atoms with Crippen LogP contribution in [0, 0.1) is 0 Å². The molecule has 5 heteroatoms. The highest BCUT2D eigenvalue weighted by molar-refractivity contribution is 7.16. The molecular weight excluding hydrogens is 270 g/mol. The van der Waals surface area contributed by atoms with Crippen LogP contribution in [-0.4, -0.2) is 23.6 Å². The summed E-state index contributed by atoms with van der Waals surface area (Å²) in [6.45, 7) is 0.808. The zero-order chi connectivity index (χ0) is 13.8. The molecule has 1 aromatic carbocycles. The minimum atomic E-state index is 0.808. The van der Waals surface area contributed by atoms with E-state index in [9.17, 15) is 0 Å². The van der Waals surface area contributed by atoms with Crippen molar-refractivity contribution in [3.63, 3.8) is 0 Å². The number of hydrogen-bond acceptors (Lipinski definition) is 5. The van der Waals surface area contributed by atoms with Gasteiger partial charge in [0.1, 0.15) is 22.7 Å². The van der Waals surface area contributed by atoms with Crippen molar-refractivity contribution in [2.75, 3.05) is 19.0 Å². The number of nitrogens with one attached hydrogen (secondary N) is 1. The number of rotatable bonds is 5. The summed E-state index contributed by atoms with van der Waals surface area (Å²) in [7, 11) is 1.70. The highest BCUT2D eigenvalue weighted by atomic mass is 32.1. The van der Waals surface area contributed by atoms with E-state index in [4.69, 9.17) is 4.74 Å². The van der Waals surface area contributed by atoms with Gasteiger partial charge in [0, 0.05) is 6.54 Å². The van der Waals surface area contributed by atoms with Crippen LogP contribution < -0.4 is 10.1 Å². The number of benzene rings is 1. The standard InChI is InChI=1S/C15H15N3OS/c1-19-13-5-3-2-4-11(13)6-8-16-14-12-7-9-20-15(12)18-10-17-14/h2-5,7,9-10H,6,8H2,1H3,(H,16,17,18). The number of hydrogen-bond donors (Lipinski definition) is 1. The third kappa shape index (κ3) is 2.58. The quantitative estimate of drug-likeness (QED) is 0.781. The van der Waals surface area contributed by atoms with Crippen LogP contribution in [0.5, 0.6) is 5.75 Å². The topological polar surface area (TPSA) is 47.0 Å². The molecule has 4 nitrogen and oxygen atoms in total. The van der Waals surface area contributed by atoms with Gasteiger partial charge in [0.25, 0.3) is 0 Å². The molecule has 0 fully saturated rings. The molecule has 0 bridgehead atoms. The van der Waals surface area contributed by atoms with E-state index in [0.29, 0.717) is 0 Å². The normalized spacial score (nSPS) is 10.7. The zero-order valence-electron chi connectivity index (χ0n) is 11.2. The van der Waals surface area contributed by atoms with Gasteiger partial charge in [0.15, 0.2) is 0 Å². The van der Waals surface area contributed by atoms with Gasteiger partial charge >= 0.3 is 0 Å². The van der Waals surface area contributed by atoms with E-state index >= 15 is 0 Å². The maximum Gasteiger partial charge on any atom is 0.138 e. The maximum atomic E-state index is 5.35. The van der Waals surface area contributed by atoms with Crippen LogP contribution in [-0.2, 0) is 6.42 Å². The van der Waals surface area contributed by atoms with E-state index in [2.05, 4.69) is 21.4 Å². The monoisotopic (exact) mass is 285 g/mol. The van der Waals surface area contributed by atoms with Gasteiger partial charge in [-0.05, 0) is 29.5 Å². The van der Waals surface area contributed by atoms with E-state index in [1.165, 1.54) is 5.56 Å². The second-order valence-electron chi connectivity index (χ2n) is 4.35. The van der Waals surface area contributed by atoms with Crippen molar-refractivity contribution in [1.82, 2.24) is 9.97 Å². The van der Waals surface area contributed by atoms with Gasteiger partial charge in [0.2, 0.25) is 0 Å². The first-order chi connectivity index (χ1) is 9.88. The number of thiophene rings is 1. The second kappa shape index (κ2) is 5.88. The molecule has 0 radical (unpaired) electrons. The first-order valence-corrected chi connectivity index (χ1v) is 7.30. The Labute approximate surface area is 121 Å². The van der Waals surface area contributed by atoms with Gasteiger partial charge < -0.3 is 10.1 Å². The van der Waals surface area contributed by atoms with Crippen molar-refractivity contribution in [3.05, 3.63) is 47.6 Å². The lowest BCUT2D eigenvalue weighted by atomic mass is 10.1. The summed E-state index contributed by atoms with van der Waals surface area (Å²) < 4.78 is 5.35. The van der Waals surface area contributed by atoms with Crippen molar-refractivity contribution in [1.29, 1.82) is 0 Å². The molecule has 3 rings (SSSR count). The number of aromatic nitrogens is 2. The predicted molar refractivity (Wildman–Crippen MR) is 82.6 cm³/mol. The molecule has 0 saturated carbocycles. The Bertz CT molecular complexity index is 711. The van der Waals surface area contributed by atoms with Crippen molar-refractivity contribution >= 4 is 27.4 Å². The summed E-state index contributed by atoms with van der Waals surface area (Å²) in [4.78, 5) is 9.56. The third-order valence-corrected chi connectivity index (χ3v) is 3.96. The van der Waals surface area contributed by atoms with Gasteiger partial charge in [-0.15, -0.1) is 11.3 Å². The van der Waals surface area contributed by atoms with E-state index in [0.717, 1.165) is 34.7 Å². The number of methoxy groups -OCH3 is 1. The average molecular weight is 285 g/mol. The molecule has 2 heterocycles. The summed E-state index contributed by atoms with van der Waals surface area (Å²) in [6.07, 6.45) is 2.49. The Kier molecular flexibility index (Phi) is 3.78. The highest BCUT2D eigenvalue weighted by Crippen LogP contribution is 2.24. The van der Waals surface area contributed by atoms with Crippen LogP contribution in [0.4, 0.5) is 5.82 Å². The Morgan fingerprint density at radius 1 is 1.20 bits per heavy atom. The van der Waals surface area contributed by atoms with Gasteiger partial charge in [0.05, 0.1) is 12.5 Å². The molecule has 0 spiro atoms. The molecule has 3 aromatic rings. The van der Waals surface area contributed by atoms with E-state index < -0.39 is 0 Å². The highest BCUT2D eigenvalue weighted by Gasteiger charge is 2.05. The second-order valence-corrected chi connectivity index (χ2v) is 5.24. The Morgan fingerprint density at radius 2 is 2.10 bits per heavy atom. The number of para-hydroxylation sites is 1. The Hall–Kier alpha value is -2.14. The Morgan fingerprint density at radius 3 is 3.00 bits per heavy atom. The van der Waals surface area contributed by atoms with Crippen molar-refractivity contribution in [3.8, 4) is 5.75 Å². The van der Waals surface area contributed by atoms with Crippen LogP contribution >= 0.6 is 11.3 Å². The fraction of sp³-hybridized carbons (Fsp3) is 0.200. The molecule has 2 aromatic heterocycles. The summed E-state index contributed by atoms with van der Waals surface area (Å²) in [5.41, 5.74) is 1.19. The van der Waals surface area contributed by atoms with Gasteiger partial charge in [-0.2, -0.15) is 0 Å². The molecule has 0 saturated heterocycles. The molecule has 0 unspecified atom stereocenters. The first-order valence-electron chi connectivity index (χ1n) is 6.42. The van der Waals surface area contributed by atoms with Crippen LogP contribution in [0.15, 0.2) is 42.0 Å². The number of ether oxygens (including phenoxy) is 1. The molecule has 0 aliphatic rings. The molecule has 20 heavy (non-hydrogen) atoms. The van der Waals surface area contributed by atoms with Crippen molar-refractivity contribution < 1.29 is 4.74 Å². The predicted octanol–water partition coefficient (Wildman–Crippen LogP) is 3.35. The summed E-state index contributed by atoms with van der Waals surface area (Å²) in [5, 5.41) is 6.49. The molecule has 102 valence electrons. The summed E-state index contributed by atoms with van der Waals surface area (Å²) >= 11 is 1.63. The zero-order valence-corrected chi connectivity index (χ0v) is 12.0. The summed E-state index contributed by atoms with van der Waals surface area (Å²) in [6, 6.07) is 10.1. The third-order valence-electron chi connectivity index (χ3n) is 3.14. The maximum absolute atomic E-state index is 5.35. The van der Waals surface area contributed by atoms with Crippen molar-refractivity contribution in [2.24, 2.45) is 0 Å². The number of nitrogens with zero attached hydrogens (tertiary/aromatic N) is 2. The largest absolute Gasteiger partial charge is 0.496 e. The van der Waals surface area contributed by atoms with Gasteiger partial charge in [-0.25, -0.2) is 9.97 Å². The van der Waals surface area contributed by atoms with Crippen molar-refractivity contribution in [2.45, 2.75) is 6.42 Å².